The summed E-state index contributed by atoms with van der Waals surface area (Å²) in [5.41, 5.74) is 2.76. The lowest BCUT2D eigenvalue weighted by atomic mass is 10.1. The summed E-state index contributed by atoms with van der Waals surface area (Å²) in [5, 5.41) is 4.91. The number of aromatic nitrogens is 2. The molecule has 0 spiro atoms. The Hall–Kier alpha value is -2.34. The molecule has 7 heteroatoms. The molecule has 1 aliphatic heterocycles. The van der Waals surface area contributed by atoms with E-state index in [0.29, 0.717) is 48.2 Å². The van der Waals surface area contributed by atoms with Gasteiger partial charge in [0.2, 0.25) is 0 Å². The van der Waals surface area contributed by atoms with Crippen LogP contribution in [0.1, 0.15) is 21.7 Å². The Labute approximate surface area is 152 Å². The molecule has 2 aromatic rings. The number of rotatable bonds is 3. The van der Waals surface area contributed by atoms with Gasteiger partial charge in [-0.3, -0.25) is 14.3 Å². The standard InChI is InChI=1S/C18H21ClN4O2/c1-12-16(13(2)21(3)20-12)17(24)18(25)23-9-7-22(8-10-23)15-6-4-5-14(19)11-15/h4-6,11H,7-10H2,1-3H3. The van der Waals surface area contributed by atoms with Crippen LogP contribution in [0.2, 0.25) is 5.02 Å². The molecule has 0 aliphatic carbocycles. The van der Waals surface area contributed by atoms with Crippen molar-refractivity contribution in [3.63, 3.8) is 0 Å². The number of halogens is 1. The number of ketones is 1. The van der Waals surface area contributed by atoms with Gasteiger partial charge in [-0.05, 0) is 32.0 Å². The summed E-state index contributed by atoms with van der Waals surface area (Å²) < 4.78 is 1.63. The Kier molecular flexibility index (Phi) is 4.81. The Morgan fingerprint density at radius 3 is 2.36 bits per heavy atom. The number of Topliss-reactive ketones (excluding diaryl/α,β-unsaturated/α-hetero) is 1. The highest BCUT2D eigenvalue weighted by molar-refractivity contribution is 6.43. The van der Waals surface area contributed by atoms with E-state index >= 15 is 0 Å². The van der Waals surface area contributed by atoms with Gasteiger partial charge in [-0.2, -0.15) is 5.10 Å². The molecule has 1 aliphatic rings. The van der Waals surface area contributed by atoms with Gasteiger partial charge in [0, 0.05) is 49.6 Å². The molecule has 132 valence electrons. The first-order valence-corrected chi connectivity index (χ1v) is 8.60. The van der Waals surface area contributed by atoms with E-state index in [2.05, 4.69) is 10.00 Å². The predicted molar refractivity (Wildman–Crippen MR) is 97.3 cm³/mol. The van der Waals surface area contributed by atoms with E-state index < -0.39 is 11.7 Å². The second kappa shape index (κ2) is 6.88. The summed E-state index contributed by atoms with van der Waals surface area (Å²) in [6, 6.07) is 7.65. The molecule has 0 saturated carbocycles. The van der Waals surface area contributed by atoms with Gasteiger partial charge in [-0.1, -0.05) is 17.7 Å². The van der Waals surface area contributed by atoms with E-state index in [1.165, 1.54) is 0 Å². The van der Waals surface area contributed by atoms with Crippen LogP contribution in [0.3, 0.4) is 0 Å². The van der Waals surface area contributed by atoms with Crippen molar-refractivity contribution in [2.75, 3.05) is 31.1 Å². The average Bonchev–Trinajstić information content (AvgIpc) is 2.86. The molecule has 1 amide bonds. The number of carbonyl (C=O) groups is 2. The molecule has 0 bridgehead atoms. The maximum absolute atomic E-state index is 12.6. The van der Waals surface area contributed by atoms with Crippen LogP contribution in [-0.4, -0.2) is 52.5 Å². The van der Waals surface area contributed by atoms with Crippen LogP contribution in [-0.2, 0) is 11.8 Å². The van der Waals surface area contributed by atoms with Gasteiger partial charge < -0.3 is 9.80 Å². The van der Waals surface area contributed by atoms with Crippen molar-refractivity contribution in [3.8, 4) is 0 Å². The molecule has 1 fully saturated rings. The molecule has 0 N–H and O–H groups in total. The third-order valence-electron chi connectivity index (χ3n) is 4.67. The fourth-order valence-corrected chi connectivity index (χ4v) is 3.38. The molecule has 0 atom stereocenters. The average molecular weight is 361 g/mol. The van der Waals surface area contributed by atoms with Crippen LogP contribution in [0.15, 0.2) is 24.3 Å². The van der Waals surface area contributed by atoms with Gasteiger partial charge in [0.15, 0.2) is 0 Å². The minimum absolute atomic E-state index is 0.421. The lowest BCUT2D eigenvalue weighted by molar-refractivity contribution is -0.126. The molecule has 6 nitrogen and oxygen atoms in total. The van der Waals surface area contributed by atoms with E-state index in [1.807, 2.05) is 24.3 Å². The number of anilines is 1. The third-order valence-corrected chi connectivity index (χ3v) is 4.91. The third kappa shape index (κ3) is 3.39. The Balaban J connectivity index is 1.68. The number of piperazine rings is 1. The normalized spacial score (nSPS) is 14.7. The lowest BCUT2D eigenvalue weighted by Gasteiger charge is -2.35. The summed E-state index contributed by atoms with van der Waals surface area (Å²) in [6.45, 7) is 5.92. The maximum Gasteiger partial charge on any atom is 0.295 e. The minimum atomic E-state index is -0.473. The fourth-order valence-electron chi connectivity index (χ4n) is 3.19. The van der Waals surface area contributed by atoms with Crippen LogP contribution < -0.4 is 4.90 Å². The Morgan fingerprint density at radius 1 is 1.12 bits per heavy atom. The van der Waals surface area contributed by atoms with Crippen molar-refractivity contribution in [1.29, 1.82) is 0 Å². The summed E-state index contributed by atoms with van der Waals surface area (Å²) in [7, 11) is 1.77. The molecular weight excluding hydrogens is 340 g/mol. The smallest absolute Gasteiger partial charge is 0.295 e. The van der Waals surface area contributed by atoms with Crippen LogP contribution in [0.5, 0.6) is 0 Å². The highest BCUT2D eigenvalue weighted by Gasteiger charge is 2.30. The Morgan fingerprint density at radius 2 is 1.80 bits per heavy atom. The first kappa shape index (κ1) is 17.5. The van der Waals surface area contributed by atoms with E-state index in [1.54, 1.807) is 30.5 Å². The van der Waals surface area contributed by atoms with Crippen molar-refractivity contribution < 1.29 is 9.59 Å². The zero-order valence-corrected chi connectivity index (χ0v) is 15.4. The molecule has 25 heavy (non-hydrogen) atoms. The van der Waals surface area contributed by atoms with Crippen LogP contribution >= 0.6 is 11.6 Å². The van der Waals surface area contributed by atoms with Gasteiger partial charge in [0.25, 0.3) is 11.7 Å². The van der Waals surface area contributed by atoms with Crippen LogP contribution in [0.25, 0.3) is 0 Å². The summed E-state index contributed by atoms with van der Waals surface area (Å²) in [4.78, 5) is 29.0. The van der Waals surface area contributed by atoms with Gasteiger partial charge in [-0.15, -0.1) is 0 Å². The van der Waals surface area contributed by atoms with Crippen molar-refractivity contribution in [3.05, 3.63) is 46.2 Å². The van der Waals surface area contributed by atoms with Crippen molar-refractivity contribution in [2.45, 2.75) is 13.8 Å². The molecular formula is C18H21ClN4O2. The molecule has 1 aromatic heterocycles. The molecule has 1 aromatic carbocycles. The first-order valence-electron chi connectivity index (χ1n) is 8.23. The lowest BCUT2D eigenvalue weighted by Crippen LogP contribution is -2.50. The van der Waals surface area contributed by atoms with E-state index in [4.69, 9.17) is 11.6 Å². The number of hydrogen-bond donors (Lipinski definition) is 0. The second-order valence-electron chi connectivity index (χ2n) is 6.26. The zero-order valence-electron chi connectivity index (χ0n) is 14.6. The fraction of sp³-hybridized carbons (Fsp3) is 0.389. The topological polar surface area (TPSA) is 58.4 Å². The molecule has 0 radical (unpaired) electrons. The molecule has 2 heterocycles. The number of aryl methyl sites for hydroxylation is 2. The number of amides is 1. The van der Waals surface area contributed by atoms with Gasteiger partial charge in [0.1, 0.15) is 0 Å². The number of benzene rings is 1. The zero-order chi connectivity index (χ0) is 18.1. The van der Waals surface area contributed by atoms with Crippen molar-refractivity contribution in [1.82, 2.24) is 14.7 Å². The van der Waals surface area contributed by atoms with Crippen LogP contribution in [0.4, 0.5) is 5.69 Å². The van der Waals surface area contributed by atoms with Crippen molar-refractivity contribution >= 4 is 29.0 Å². The number of carbonyl (C=O) groups excluding carboxylic acids is 2. The van der Waals surface area contributed by atoms with Crippen molar-refractivity contribution in [2.24, 2.45) is 7.05 Å². The van der Waals surface area contributed by atoms with Gasteiger partial charge in [0.05, 0.1) is 11.3 Å². The van der Waals surface area contributed by atoms with Gasteiger partial charge >= 0.3 is 0 Å². The Bertz CT molecular complexity index is 822. The van der Waals surface area contributed by atoms with E-state index in [9.17, 15) is 9.59 Å². The molecule has 0 unspecified atom stereocenters. The summed E-state index contributed by atoms with van der Waals surface area (Å²) in [6.07, 6.45) is 0. The van der Waals surface area contributed by atoms with E-state index in [0.717, 1.165) is 5.69 Å². The highest BCUT2D eigenvalue weighted by atomic mass is 35.5. The predicted octanol–water partition coefficient (Wildman–Crippen LogP) is 2.22. The number of hydrogen-bond acceptors (Lipinski definition) is 4. The molecule has 1 saturated heterocycles. The first-order chi connectivity index (χ1) is 11.9. The van der Waals surface area contributed by atoms with Crippen LogP contribution in [0, 0.1) is 13.8 Å². The molecule has 3 rings (SSSR count). The quantitative estimate of drug-likeness (QED) is 0.622. The summed E-state index contributed by atoms with van der Waals surface area (Å²) >= 11 is 6.04. The SMILES string of the molecule is Cc1nn(C)c(C)c1C(=O)C(=O)N1CCN(c2cccc(Cl)c2)CC1. The maximum atomic E-state index is 12.6. The van der Waals surface area contributed by atoms with Gasteiger partial charge in [-0.25, -0.2) is 0 Å². The number of nitrogens with zero attached hydrogens (tertiary/aromatic N) is 4. The summed E-state index contributed by atoms with van der Waals surface area (Å²) in [5.74, 6) is -0.927. The monoisotopic (exact) mass is 360 g/mol. The highest BCUT2D eigenvalue weighted by Crippen LogP contribution is 2.21. The van der Waals surface area contributed by atoms with E-state index in [-0.39, 0.29) is 0 Å². The second-order valence-corrected chi connectivity index (χ2v) is 6.69. The largest absolute Gasteiger partial charge is 0.368 e. The minimum Gasteiger partial charge on any atom is -0.368 e.